The zero-order chi connectivity index (χ0) is 35.5. The van der Waals surface area contributed by atoms with Crippen molar-refractivity contribution in [2.45, 2.75) is 13.8 Å². The van der Waals surface area contributed by atoms with Gasteiger partial charge >= 0.3 is 0 Å². The quantitative estimate of drug-likeness (QED) is 0.183. The van der Waals surface area contributed by atoms with E-state index in [9.17, 15) is 0 Å². The number of aromatic nitrogens is 4. The summed E-state index contributed by atoms with van der Waals surface area (Å²) in [5.74, 6) is 0.718. The van der Waals surface area contributed by atoms with Gasteiger partial charge in [-0.1, -0.05) is 123 Å². The van der Waals surface area contributed by atoms with Gasteiger partial charge in [0.25, 0.3) is 0 Å². The Morgan fingerprint density at radius 1 is 0.415 bits per heavy atom. The van der Waals surface area contributed by atoms with Crippen LogP contribution in [0.4, 0.5) is 0 Å². The van der Waals surface area contributed by atoms with Gasteiger partial charge in [-0.15, -0.1) is 11.3 Å². The van der Waals surface area contributed by atoms with Crippen molar-refractivity contribution < 1.29 is 0 Å². The second-order valence-electron chi connectivity index (χ2n) is 13.0. The Labute approximate surface area is 310 Å². The van der Waals surface area contributed by atoms with E-state index in [-0.39, 0.29) is 0 Å². The van der Waals surface area contributed by atoms with Crippen molar-refractivity contribution in [1.82, 2.24) is 19.1 Å². The minimum absolute atomic E-state index is 0.718. The molecule has 5 heteroatoms. The molecule has 0 fully saturated rings. The van der Waals surface area contributed by atoms with Crippen LogP contribution >= 0.6 is 11.3 Å². The highest BCUT2D eigenvalue weighted by atomic mass is 32.1. The SMILES string of the molecule is CC.c1ccc(-n2c3ccccc3c3cc(-c4nc(-c5cccc(-n6c7ccccc7c7ccccc76)c5)nc5c4sc4ccccc45)ccc32)cc1. The summed E-state index contributed by atoms with van der Waals surface area (Å²) >= 11 is 1.77. The average molecular weight is 699 g/mol. The molecule has 0 spiro atoms. The van der Waals surface area contributed by atoms with Crippen LogP contribution in [0.3, 0.4) is 0 Å². The van der Waals surface area contributed by atoms with E-state index in [4.69, 9.17) is 9.97 Å². The first-order valence-electron chi connectivity index (χ1n) is 18.2. The maximum atomic E-state index is 5.42. The van der Waals surface area contributed by atoms with Crippen molar-refractivity contribution >= 4 is 75.3 Å². The lowest BCUT2D eigenvalue weighted by Crippen LogP contribution is -1.97. The Balaban J connectivity index is 0.00000172. The number of hydrogen-bond acceptors (Lipinski definition) is 3. The number of para-hydroxylation sites is 4. The summed E-state index contributed by atoms with van der Waals surface area (Å²) in [6, 6.07) is 60.6. The van der Waals surface area contributed by atoms with E-state index in [0.717, 1.165) is 49.6 Å². The maximum absolute atomic E-state index is 5.42. The molecule has 252 valence electrons. The third-order valence-corrected chi connectivity index (χ3v) is 11.3. The number of fused-ring (bicyclic) bond motifs is 9. The fraction of sp³-hybridized carbons (Fsp3) is 0.0417. The predicted octanol–water partition coefficient (Wildman–Crippen LogP) is 13.4. The van der Waals surface area contributed by atoms with E-state index in [2.05, 4.69) is 179 Å². The second kappa shape index (κ2) is 12.6. The molecule has 0 saturated heterocycles. The van der Waals surface area contributed by atoms with Gasteiger partial charge in [0.15, 0.2) is 5.82 Å². The number of thiophene rings is 1. The molecule has 7 aromatic carbocycles. The molecule has 4 heterocycles. The minimum atomic E-state index is 0.718. The summed E-state index contributed by atoms with van der Waals surface area (Å²) in [6.45, 7) is 4.00. The molecular formula is C48H34N4S. The molecule has 0 bridgehead atoms. The largest absolute Gasteiger partial charge is 0.309 e. The zero-order valence-corrected chi connectivity index (χ0v) is 30.2. The molecule has 0 aliphatic heterocycles. The molecule has 4 aromatic heterocycles. The third kappa shape index (κ3) is 4.89. The Morgan fingerprint density at radius 2 is 0.962 bits per heavy atom. The topological polar surface area (TPSA) is 35.6 Å². The highest BCUT2D eigenvalue weighted by molar-refractivity contribution is 7.26. The van der Waals surface area contributed by atoms with Crippen molar-refractivity contribution in [3.05, 3.63) is 170 Å². The summed E-state index contributed by atoms with van der Waals surface area (Å²) in [4.78, 5) is 10.7. The smallest absolute Gasteiger partial charge is 0.160 e. The molecule has 4 nitrogen and oxygen atoms in total. The molecule has 0 amide bonds. The summed E-state index contributed by atoms with van der Waals surface area (Å²) in [5, 5.41) is 6.07. The summed E-state index contributed by atoms with van der Waals surface area (Å²) in [7, 11) is 0. The van der Waals surface area contributed by atoms with Crippen LogP contribution in [0.25, 0.3) is 97.9 Å². The van der Waals surface area contributed by atoms with Gasteiger partial charge in [0.2, 0.25) is 0 Å². The fourth-order valence-corrected chi connectivity index (χ4v) is 9.03. The Bertz CT molecular complexity index is 3090. The van der Waals surface area contributed by atoms with Crippen LogP contribution in [-0.4, -0.2) is 19.1 Å². The van der Waals surface area contributed by atoms with E-state index in [0.29, 0.717) is 0 Å². The van der Waals surface area contributed by atoms with E-state index in [1.54, 1.807) is 11.3 Å². The number of hydrogen-bond donors (Lipinski definition) is 0. The van der Waals surface area contributed by atoms with E-state index in [1.165, 1.54) is 48.3 Å². The fourth-order valence-electron chi connectivity index (χ4n) is 7.88. The molecule has 0 aliphatic rings. The molecule has 0 aliphatic carbocycles. The van der Waals surface area contributed by atoms with Gasteiger partial charge in [-0.3, -0.25) is 0 Å². The van der Waals surface area contributed by atoms with Crippen LogP contribution < -0.4 is 0 Å². The normalized spacial score (nSPS) is 11.6. The van der Waals surface area contributed by atoms with Gasteiger partial charge in [-0.05, 0) is 60.7 Å². The highest BCUT2D eigenvalue weighted by Gasteiger charge is 2.20. The van der Waals surface area contributed by atoms with Crippen LogP contribution in [-0.2, 0) is 0 Å². The van der Waals surface area contributed by atoms with Crippen LogP contribution in [0.5, 0.6) is 0 Å². The third-order valence-electron chi connectivity index (χ3n) is 10.1. The Hall–Kier alpha value is -6.56. The summed E-state index contributed by atoms with van der Waals surface area (Å²) < 4.78 is 7.02. The number of benzene rings is 7. The summed E-state index contributed by atoms with van der Waals surface area (Å²) in [6.07, 6.45) is 0. The molecule has 0 atom stereocenters. The molecule has 0 N–H and O–H groups in total. The van der Waals surface area contributed by atoms with Crippen LogP contribution in [0.1, 0.15) is 13.8 Å². The highest BCUT2D eigenvalue weighted by Crippen LogP contribution is 2.42. The van der Waals surface area contributed by atoms with Crippen molar-refractivity contribution in [3.63, 3.8) is 0 Å². The van der Waals surface area contributed by atoms with Gasteiger partial charge in [-0.25, -0.2) is 9.97 Å². The van der Waals surface area contributed by atoms with Gasteiger partial charge in [0.05, 0.1) is 38.0 Å². The van der Waals surface area contributed by atoms with E-state index < -0.39 is 0 Å². The lowest BCUT2D eigenvalue weighted by Gasteiger charge is -2.11. The lowest BCUT2D eigenvalue weighted by molar-refractivity contribution is 1.17. The van der Waals surface area contributed by atoms with E-state index >= 15 is 0 Å². The van der Waals surface area contributed by atoms with Crippen molar-refractivity contribution in [2.24, 2.45) is 0 Å². The Morgan fingerprint density at radius 3 is 1.66 bits per heavy atom. The monoisotopic (exact) mass is 698 g/mol. The van der Waals surface area contributed by atoms with Crippen molar-refractivity contribution in [2.75, 3.05) is 0 Å². The van der Waals surface area contributed by atoms with E-state index in [1.807, 2.05) is 13.8 Å². The predicted molar refractivity (Wildman–Crippen MR) is 226 cm³/mol. The molecule has 0 radical (unpaired) electrons. The molecule has 0 saturated carbocycles. The lowest BCUT2D eigenvalue weighted by atomic mass is 10.1. The first kappa shape index (κ1) is 31.2. The minimum Gasteiger partial charge on any atom is -0.309 e. The van der Waals surface area contributed by atoms with Crippen molar-refractivity contribution in [1.29, 1.82) is 0 Å². The van der Waals surface area contributed by atoms with Gasteiger partial charge < -0.3 is 9.13 Å². The van der Waals surface area contributed by atoms with Crippen LogP contribution in [0.2, 0.25) is 0 Å². The van der Waals surface area contributed by atoms with Crippen LogP contribution in [0, 0.1) is 0 Å². The van der Waals surface area contributed by atoms with Crippen molar-refractivity contribution in [3.8, 4) is 34.0 Å². The molecule has 0 unspecified atom stereocenters. The summed E-state index contributed by atoms with van der Waals surface area (Å²) in [5.41, 5.74) is 11.0. The van der Waals surface area contributed by atoms with Gasteiger partial charge in [-0.2, -0.15) is 0 Å². The zero-order valence-electron chi connectivity index (χ0n) is 29.4. The van der Waals surface area contributed by atoms with Gasteiger partial charge in [0.1, 0.15) is 0 Å². The first-order valence-corrected chi connectivity index (χ1v) is 19.0. The molecular weight excluding hydrogens is 665 g/mol. The first-order chi connectivity index (χ1) is 26.3. The molecule has 11 aromatic rings. The molecule has 53 heavy (non-hydrogen) atoms. The van der Waals surface area contributed by atoms with Gasteiger partial charge in [0, 0.05) is 54.1 Å². The Kier molecular flexibility index (Phi) is 7.41. The second-order valence-corrected chi connectivity index (χ2v) is 14.1. The number of nitrogens with zero attached hydrogens (tertiary/aromatic N) is 4. The van der Waals surface area contributed by atoms with Crippen LogP contribution in [0.15, 0.2) is 170 Å². The standard InChI is InChI=1S/C46H28N4S.C2H6/c1-2-14-31(15-3-1)49-40-23-10-6-19-35(40)37-28-29(25-26-41(37)49)43-45-44(36-20-7-11-24-42(36)51-45)48-46(47-43)30-13-12-16-32(27-30)50-38-21-8-4-17-33(38)34-18-5-9-22-39(34)50;1-2/h1-28H;1-2H3. The maximum Gasteiger partial charge on any atom is 0.160 e. The average Bonchev–Trinajstić information content (AvgIpc) is 3.89. The number of rotatable bonds is 4. The molecule has 11 rings (SSSR count).